The number of carbonyl (C=O) groups is 3. The summed E-state index contributed by atoms with van der Waals surface area (Å²) in [6.45, 7) is 2.04. The molecule has 11 heteroatoms. The van der Waals surface area contributed by atoms with Gasteiger partial charge < -0.3 is 24.3 Å². The monoisotopic (exact) mass is 523 g/mol. The van der Waals surface area contributed by atoms with Crippen LogP contribution in [0.4, 0.5) is 8.78 Å². The standard InChI is InChI=1S/C27H23F2N3O6/c1-15-9-10-37-21-14-31-13-19(25(34)30-12-17-7-8-18(28)11-20(17)29)23(33)24(22(31)26(35)32(15)21)38-27(36)16-5-3-2-4-6-16/h2-8,11,13,15,21H,9-10,12,14H2,1H3,(H,30,34)/t15-,21+/m1/s1. The van der Waals surface area contributed by atoms with Crippen molar-refractivity contribution >= 4 is 17.8 Å². The number of nitrogens with zero attached hydrogens (tertiary/aromatic N) is 2. The first-order valence-electron chi connectivity index (χ1n) is 12.0. The van der Waals surface area contributed by atoms with Gasteiger partial charge in [-0.2, -0.15) is 0 Å². The average molecular weight is 523 g/mol. The van der Waals surface area contributed by atoms with Crippen molar-refractivity contribution in [1.82, 2.24) is 14.8 Å². The van der Waals surface area contributed by atoms with E-state index in [-0.39, 0.29) is 36.0 Å². The molecule has 1 fully saturated rings. The summed E-state index contributed by atoms with van der Waals surface area (Å²) < 4.78 is 39.8. The molecule has 1 saturated heterocycles. The van der Waals surface area contributed by atoms with Crippen LogP contribution in [0, 0.1) is 11.6 Å². The third kappa shape index (κ3) is 4.68. The molecule has 9 nitrogen and oxygen atoms in total. The third-order valence-corrected chi connectivity index (χ3v) is 6.56. The Balaban J connectivity index is 1.54. The molecule has 0 unspecified atom stereocenters. The van der Waals surface area contributed by atoms with Crippen molar-refractivity contribution in [3.63, 3.8) is 0 Å². The number of nitrogens with one attached hydrogen (secondary N) is 1. The number of hydrogen-bond donors (Lipinski definition) is 1. The van der Waals surface area contributed by atoms with Crippen LogP contribution >= 0.6 is 0 Å². The van der Waals surface area contributed by atoms with Gasteiger partial charge in [0.25, 0.3) is 11.8 Å². The number of hydrogen-bond acceptors (Lipinski definition) is 6. The number of ether oxygens (including phenoxy) is 2. The van der Waals surface area contributed by atoms with E-state index in [1.807, 2.05) is 6.92 Å². The van der Waals surface area contributed by atoms with Crippen molar-refractivity contribution in [2.24, 2.45) is 0 Å². The Bertz CT molecular complexity index is 1490. The molecule has 3 heterocycles. The molecule has 0 spiro atoms. The quantitative estimate of drug-likeness (QED) is 0.516. The maximum Gasteiger partial charge on any atom is 0.343 e. The largest absolute Gasteiger partial charge is 0.416 e. The highest BCUT2D eigenvalue weighted by Gasteiger charge is 2.42. The summed E-state index contributed by atoms with van der Waals surface area (Å²) in [5, 5.41) is 2.43. The Morgan fingerprint density at radius 2 is 1.89 bits per heavy atom. The molecule has 2 aromatic carbocycles. The lowest BCUT2D eigenvalue weighted by Crippen LogP contribution is -2.57. The number of pyridine rings is 1. The smallest absolute Gasteiger partial charge is 0.343 e. The highest BCUT2D eigenvalue weighted by molar-refractivity contribution is 6.01. The molecule has 1 N–H and O–H groups in total. The maximum atomic E-state index is 14.0. The van der Waals surface area contributed by atoms with E-state index in [9.17, 15) is 28.0 Å². The minimum Gasteiger partial charge on any atom is -0.416 e. The summed E-state index contributed by atoms with van der Waals surface area (Å²) >= 11 is 0. The molecule has 2 aliphatic heterocycles. The van der Waals surface area contributed by atoms with Gasteiger partial charge in [0.1, 0.15) is 17.2 Å². The Kier molecular flexibility index (Phi) is 6.77. The van der Waals surface area contributed by atoms with E-state index in [4.69, 9.17) is 9.47 Å². The van der Waals surface area contributed by atoms with Crippen LogP contribution in [0.2, 0.25) is 0 Å². The third-order valence-electron chi connectivity index (χ3n) is 6.56. The Morgan fingerprint density at radius 3 is 2.63 bits per heavy atom. The number of amides is 2. The Hall–Kier alpha value is -4.38. The summed E-state index contributed by atoms with van der Waals surface area (Å²) in [5.74, 6) is -4.55. The lowest BCUT2D eigenvalue weighted by atomic mass is 10.1. The molecule has 2 aliphatic rings. The predicted octanol–water partition coefficient (Wildman–Crippen LogP) is 2.87. The van der Waals surface area contributed by atoms with Crippen molar-refractivity contribution in [3.8, 4) is 5.75 Å². The second-order valence-corrected chi connectivity index (χ2v) is 9.05. The van der Waals surface area contributed by atoms with Crippen LogP contribution in [-0.2, 0) is 17.8 Å². The molecular formula is C27H23F2N3O6. The zero-order valence-electron chi connectivity index (χ0n) is 20.3. The van der Waals surface area contributed by atoms with Crippen molar-refractivity contribution in [2.75, 3.05) is 6.61 Å². The fourth-order valence-corrected chi connectivity index (χ4v) is 4.56. The van der Waals surface area contributed by atoms with Crippen LogP contribution in [0.5, 0.6) is 5.75 Å². The van der Waals surface area contributed by atoms with E-state index in [2.05, 4.69) is 5.32 Å². The van der Waals surface area contributed by atoms with Gasteiger partial charge >= 0.3 is 5.97 Å². The summed E-state index contributed by atoms with van der Waals surface area (Å²) in [6.07, 6.45) is 1.15. The van der Waals surface area contributed by atoms with Gasteiger partial charge in [-0.05, 0) is 31.5 Å². The number of carbonyl (C=O) groups excluding carboxylic acids is 3. The molecule has 0 radical (unpaired) electrons. The average Bonchev–Trinajstić information content (AvgIpc) is 2.90. The minimum absolute atomic E-state index is 0.00366. The SMILES string of the molecule is C[C@@H]1CCO[C@H]2Cn3cc(C(=O)NCc4ccc(F)cc4F)c(=O)c(OC(=O)c4ccccc4)c3C(=O)N12. The van der Waals surface area contributed by atoms with E-state index in [0.717, 1.165) is 6.07 Å². The summed E-state index contributed by atoms with van der Waals surface area (Å²) in [4.78, 5) is 54.4. The zero-order valence-corrected chi connectivity index (χ0v) is 20.3. The van der Waals surface area contributed by atoms with Gasteiger partial charge in [-0.25, -0.2) is 13.6 Å². The summed E-state index contributed by atoms with van der Waals surface area (Å²) in [6, 6.07) is 10.6. The minimum atomic E-state index is -0.977. The molecular weight excluding hydrogens is 500 g/mol. The number of halogens is 2. The van der Waals surface area contributed by atoms with Crippen molar-refractivity contribution in [3.05, 3.63) is 99.0 Å². The van der Waals surface area contributed by atoms with Gasteiger partial charge in [-0.1, -0.05) is 24.3 Å². The van der Waals surface area contributed by atoms with Gasteiger partial charge in [-0.3, -0.25) is 14.4 Å². The van der Waals surface area contributed by atoms with E-state index >= 15 is 0 Å². The first kappa shape index (κ1) is 25.3. The highest BCUT2D eigenvalue weighted by Crippen LogP contribution is 2.30. The van der Waals surface area contributed by atoms with Crippen LogP contribution < -0.4 is 15.5 Å². The summed E-state index contributed by atoms with van der Waals surface area (Å²) in [7, 11) is 0. The lowest BCUT2D eigenvalue weighted by Gasteiger charge is -2.44. The van der Waals surface area contributed by atoms with Crippen LogP contribution in [0.25, 0.3) is 0 Å². The van der Waals surface area contributed by atoms with Gasteiger partial charge in [0.15, 0.2) is 11.9 Å². The van der Waals surface area contributed by atoms with Crippen LogP contribution in [0.15, 0.2) is 59.5 Å². The molecule has 38 heavy (non-hydrogen) atoms. The zero-order chi connectivity index (χ0) is 27.0. The summed E-state index contributed by atoms with van der Waals surface area (Å²) in [5.41, 5.74) is -1.42. The molecule has 2 amide bonds. The van der Waals surface area contributed by atoms with E-state index in [1.54, 1.807) is 18.2 Å². The number of aromatic nitrogens is 1. The fraction of sp³-hybridized carbons (Fsp3) is 0.259. The number of rotatable bonds is 5. The van der Waals surface area contributed by atoms with Crippen LogP contribution in [0.3, 0.4) is 0 Å². The molecule has 3 aromatic rings. The second kappa shape index (κ2) is 10.2. The van der Waals surface area contributed by atoms with Crippen LogP contribution in [-0.4, -0.2) is 46.1 Å². The predicted molar refractivity (Wildman–Crippen MR) is 130 cm³/mol. The highest BCUT2D eigenvalue weighted by atomic mass is 19.1. The second-order valence-electron chi connectivity index (χ2n) is 9.05. The van der Waals surface area contributed by atoms with E-state index < -0.39 is 52.4 Å². The number of fused-ring (bicyclic) bond motifs is 2. The first-order valence-corrected chi connectivity index (χ1v) is 12.0. The van der Waals surface area contributed by atoms with Crippen molar-refractivity contribution in [2.45, 2.75) is 38.7 Å². The first-order chi connectivity index (χ1) is 18.2. The lowest BCUT2D eigenvalue weighted by molar-refractivity contribution is -0.112. The fourth-order valence-electron chi connectivity index (χ4n) is 4.56. The molecule has 196 valence electrons. The number of esters is 1. The van der Waals surface area contributed by atoms with Gasteiger partial charge in [0.05, 0.1) is 18.7 Å². The molecule has 0 bridgehead atoms. The van der Waals surface area contributed by atoms with Gasteiger partial charge in [-0.15, -0.1) is 0 Å². The van der Waals surface area contributed by atoms with E-state index in [0.29, 0.717) is 19.1 Å². The maximum absolute atomic E-state index is 14.0. The van der Waals surface area contributed by atoms with E-state index in [1.165, 1.54) is 33.9 Å². The molecule has 0 aliphatic carbocycles. The molecule has 0 saturated carbocycles. The normalized spacial score (nSPS) is 18.4. The Morgan fingerprint density at radius 1 is 1.13 bits per heavy atom. The van der Waals surface area contributed by atoms with Gasteiger partial charge in [0, 0.05) is 30.4 Å². The Labute approximate surface area is 215 Å². The number of benzene rings is 2. The molecule has 5 rings (SSSR count). The molecule has 2 atom stereocenters. The van der Waals surface area contributed by atoms with Crippen molar-refractivity contribution in [1.29, 1.82) is 0 Å². The topological polar surface area (TPSA) is 107 Å². The molecule has 1 aromatic heterocycles. The van der Waals surface area contributed by atoms with Gasteiger partial charge in [0.2, 0.25) is 11.2 Å². The van der Waals surface area contributed by atoms with Crippen molar-refractivity contribution < 1.29 is 32.6 Å². The van der Waals surface area contributed by atoms with Crippen LogP contribution in [0.1, 0.15) is 50.1 Å².